The van der Waals surface area contributed by atoms with E-state index < -0.39 is 0 Å². The Labute approximate surface area is 185 Å². The topological polar surface area (TPSA) is 63.7 Å². The number of hydrogen-bond acceptors (Lipinski definition) is 4. The van der Waals surface area contributed by atoms with Crippen molar-refractivity contribution in [1.82, 2.24) is 9.88 Å². The summed E-state index contributed by atoms with van der Waals surface area (Å²) in [6.45, 7) is 8.69. The molecule has 1 unspecified atom stereocenters. The predicted molar refractivity (Wildman–Crippen MR) is 125 cm³/mol. The molecule has 31 heavy (non-hydrogen) atoms. The third-order valence-electron chi connectivity index (χ3n) is 5.46. The molecule has 1 aromatic carbocycles. The Balaban J connectivity index is 1.56. The van der Waals surface area contributed by atoms with Gasteiger partial charge in [0.15, 0.2) is 0 Å². The zero-order valence-corrected chi connectivity index (χ0v) is 18.9. The largest absolute Gasteiger partial charge is 0.494 e. The summed E-state index contributed by atoms with van der Waals surface area (Å²) in [7, 11) is 1.57. The summed E-state index contributed by atoms with van der Waals surface area (Å²) < 4.78 is 10.9. The number of rotatable bonds is 7. The number of nitrogens with zero attached hydrogens (tertiary/aromatic N) is 2. The zero-order valence-electron chi connectivity index (χ0n) is 18.9. The smallest absolute Gasteiger partial charge is 0.321 e. The van der Waals surface area contributed by atoms with Crippen molar-refractivity contribution in [2.45, 2.75) is 33.6 Å². The number of anilines is 1. The maximum Gasteiger partial charge on any atom is 0.321 e. The van der Waals surface area contributed by atoms with Crippen LogP contribution >= 0.6 is 0 Å². The van der Waals surface area contributed by atoms with Gasteiger partial charge in [0.1, 0.15) is 5.75 Å². The highest BCUT2D eigenvalue weighted by Gasteiger charge is 2.24. The minimum atomic E-state index is -0.0987. The van der Waals surface area contributed by atoms with Crippen LogP contribution in [0.1, 0.15) is 39.2 Å². The third kappa shape index (κ3) is 6.74. The number of ether oxygens (including phenoxy) is 2. The summed E-state index contributed by atoms with van der Waals surface area (Å²) >= 11 is 0. The van der Waals surface area contributed by atoms with Crippen LogP contribution in [0.5, 0.6) is 11.6 Å². The van der Waals surface area contributed by atoms with E-state index in [1.54, 1.807) is 25.4 Å². The number of nitrogens with one attached hydrogen (secondary N) is 1. The number of aromatic nitrogens is 1. The van der Waals surface area contributed by atoms with E-state index in [4.69, 9.17) is 9.47 Å². The van der Waals surface area contributed by atoms with Crippen LogP contribution in [-0.4, -0.2) is 42.7 Å². The van der Waals surface area contributed by atoms with Crippen molar-refractivity contribution in [2.75, 3.05) is 32.1 Å². The van der Waals surface area contributed by atoms with Crippen molar-refractivity contribution in [3.8, 4) is 11.6 Å². The lowest BCUT2D eigenvalue weighted by atomic mass is 9.91. The Morgan fingerprint density at radius 1 is 1.32 bits per heavy atom. The fourth-order valence-corrected chi connectivity index (χ4v) is 3.55. The molecule has 3 rings (SSSR count). The fourth-order valence-electron chi connectivity index (χ4n) is 3.55. The van der Waals surface area contributed by atoms with E-state index in [1.807, 2.05) is 17.0 Å². The molecular formula is C25H33N3O3. The van der Waals surface area contributed by atoms with Gasteiger partial charge in [0.05, 0.1) is 25.6 Å². The number of urea groups is 1. The van der Waals surface area contributed by atoms with Gasteiger partial charge in [-0.3, -0.25) is 0 Å². The molecule has 0 radical (unpaired) electrons. The molecule has 6 nitrogen and oxygen atoms in total. The van der Waals surface area contributed by atoms with Gasteiger partial charge in [-0.1, -0.05) is 44.6 Å². The average Bonchev–Trinajstić information content (AvgIpc) is 2.75. The molecule has 1 atom stereocenters. The summed E-state index contributed by atoms with van der Waals surface area (Å²) in [5.74, 6) is 2.36. The van der Waals surface area contributed by atoms with Crippen LogP contribution in [0.2, 0.25) is 0 Å². The lowest BCUT2D eigenvalue weighted by molar-refractivity contribution is 0.198. The molecule has 1 saturated heterocycles. The third-order valence-corrected chi connectivity index (χ3v) is 5.46. The molecule has 1 aromatic heterocycles. The van der Waals surface area contributed by atoms with Crippen LogP contribution in [0.3, 0.4) is 0 Å². The standard InChI is InChI=1S/C25H33N3O3/c1-18(2)11-13-31-23-7-5-6-20(15-23)14-21-10-12-28(17-19(21)3)25(29)27-22-8-9-24(30-4)26-16-22/h5-9,14-16,18-19H,10-13,17H2,1-4H3,(H,27,29). The molecule has 2 heterocycles. The fraction of sp³-hybridized carbons (Fsp3) is 0.440. The first kappa shape index (κ1) is 22.7. The van der Waals surface area contributed by atoms with E-state index in [9.17, 15) is 4.79 Å². The highest BCUT2D eigenvalue weighted by Crippen LogP contribution is 2.26. The summed E-state index contributed by atoms with van der Waals surface area (Å²) in [6, 6.07) is 11.7. The van der Waals surface area contributed by atoms with Crippen LogP contribution in [0, 0.1) is 11.8 Å². The van der Waals surface area contributed by atoms with Gasteiger partial charge in [-0.2, -0.15) is 0 Å². The number of carbonyl (C=O) groups excluding carboxylic acids is 1. The Hall–Kier alpha value is -3.02. The SMILES string of the molecule is COc1ccc(NC(=O)N2CCC(=Cc3cccc(OCCC(C)C)c3)C(C)C2)cn1. The van der Waals surface area contributed by atoms with Crippen molar-refractivity contribution >= 4 is 17.8 Å². The van der Waals surface area contributed by atoms with Gasteiger partial charge in [-0.15, -0.1) is 0 Å². The first-order valence-electron chi connectivity index (χ1n) is 10.9. The Morgan fingerprint density at radius 2 is 2.16 bits per heavy atom. The highest BCUT2D eigenvalue weighted by molar-refractivity contribution is 5.89. The van der Waals surface area contributed by atoms with Crippen LogP contribution < -0.4 is 14.8 Å². The minimum absolute atomic E-state index is 0.0987. The summed E-state index contributed by atoms with van der Waals surface area (Å²) in [4.78, 5) is 18.6. The van der Waals surface area contributed by atoms with E-state index in [-0.39, 0.29) is 6.03 Å². The number of pyridine rings is 1. The highest BCUT2D eigenvalue weighted by atomic mass is 16.5. The zero-order chi connectivity index (χ0) is 22.2. The number of methoxy groups -OCH3 is 1. The van der Waals surface area contributed by atoms with Gasteiger partial charge in [0, 0.05) is 19.2 Å². The van der Waals surface area contributed by atoms with Crippen LogP contribution in [0.15, 0.2) is 48.2 Å². The summed E-state index contributed by atoms with van der Waals surface area (Å²) in [5, 5.41) is 2.92. The molecule has 0 spiro atoms. The van der Waals surface area contributed by atoms with Crippen LogP contribution in [0.25, 0.3) is 6.08 Å². The maximum atomic E-state index is 12.6. The van der Waals surface area contributed by atoms with E-state index in [2.05, 4.69) is 49.3 Å². The molecule has 0 bridgehead atoms. The summed E-state index contributed by atoms with van der Waals surface area (Å²) in [6.07, 6.45) is 5.75. The van der Waals surface area contributed by atoms with Gasteiger partial charge in [-0.25, -0.2) is 9.78 Å². The predicted octanol–water partition coefficient (Wildman–Crippen LogP) is 5.47. The van der Waals surface area contributed by atoms with Crippen molar-refractivity contribution in [3.63, 3.8) is 0 Å². The lowest BCUT2D eigenvalue weighted by Crippen LogP contribution is -2.42. The first-order chi connectivity index (χ1) is 14.9. The molecule has 1 N–H and O–H groups in total. The molecule has 0 aliphatic carbocycles. The average molecular weight is 424 g/mol. The maximum absolute atomic E-state index is 12.6. The lowest BCUT2D eigenvalue weighted by Gasteiger charge is -2.33. The normalized spacial score (nSPS) is 17.6. The Kier molecular flexibility index (Phi) is 7.93. The van der Waals surface area contributed by atoms with Crippen LogP contribution in [-0.2, 0) is 0 Å². The minimum Gasteiger partial charge on any atom is -0.494 e. The van der Waals surface area contributed by atoms with Crippen molar-refractivity contribution in [1.29, 1.82) is 0 Å². The van der Waals surface area contributed by atoms with Gasteiger partial charge < -0.3 is 19.7 Å². The monoisotopic (exact) mass is 423 g/mol. The number of piperidine rings is 1. The number of carbonyl (C=O) groups is 1. The number of likely N-dealkylation sites (tertiary alicyclic amines) is 1. The second-order valence-corrected chi connectivity index (χ2v) is 8.44. The molecule has 2 aromatic rings. The number of amides is 2. The van der Waals surface area contributed by atoms with E-state index in [1.165, 1.54) is 5.57 Å². The number of hydrogen-bond donors (Lipinski definition) is 1. The quantitative estimate of drug-likeness (QED) is 0.641. The van der Waals surface area contributed by atoms with Crippen molar-refractivity contribution in [3.05, 3.63) is 53.7 Å². The molecule has 166 valence electrons. The molecule has 1 aliphatic rings. The number of benzene rings is 1. The second-order valence-electron chi connectivity index (χ2n) is 8.44. The van der Waals surface area contributed by atoms with Crippen molar-refractivity contribution in [2.24, 2.45) is 11.8 Å². The molecular weight excluding hydrogens is 390 g/mol. The molecule has 6 heteroatoms. The van der Waals surface area contributed by atoms with Crippen molar-refractivity contribution < 1.29 is 14.3 Å². The van der Waals surface area contributed by atoms with Crippen LogP contribution in [0.4, 0.5) is 10.5 Å². The van der Waals surface area contributed by atoms with Gasteiger partial charge in [0.2, 0.25) is 5.88 Å². The molecule has 1 aliphatic heterocycles. The molecule has 0 saturated carbocycles. The molecule has 1 fully saturated rings. The van der Waals surface area contributed by atoms with Gasteiger partial charge in [-0.05, 0) is 48.4 Å². The molecule has 2 amide bonds. The van der Waals surface area contributed by atoms with E-state index in [0.29, 0.717) is 36.5 Å². The Morgan fingerprint density at radius 3 is 2.84 bits per heavy atom. The van der Waals surface area contributed by atoms with E-state index in [0.717, 1.165) is 30.8 Å². The Bertz CT molecular complexity index is 893. The first-order valence-corrected chi connectivity index (χ1v) is 10.9. The van der Waals surface area contributed by atoms with Gasteiger partial charge >= 0.3 is 6.03 Å². The second kappa shape index (κ2) is 10.8. The van der Waals surface area contributed by atoms with E-state index >= 15 is 0 Å². The summed E-state index contributed by atoms with van der Waals surface area (Å²) in [5.41, 5.74) is 3.16. The van der Waals surface area contributed by atoms with Gasteiger partial charge in [0.25, 0.3) is 0 Å².